The smallest absolute Gasteiger partial charge is 0.179 e. The van der Waals surface area contributed by atoms with Crippen LogP contribution in [0.3, 0.4) is 0 Å². The Bertz CT molecular complexity index is 1100. The van der Waals surface area contributed by atoms with Gasteiger partial charge >= 0.3 is 0 Å². The first-order chi connectivity index (χ1) is 13.8. The fourth-order valence-electron chi connectivity index (χ4n) is 3.76. The van der Waals surface area contributed by atoms with Crippen molar-refractivity contribution >= 4 is 11.3 Å². The van der Waals surface area contributed by atoms with Gasteiger partial charge < -0.3 is 9.64 Å². The Balaban J connectivity index is 1.75. The molecule has 5 rings (SSSR count). The molecular weight excluding hydrogens is 356 g/mol. The molecule has 0 aliphatic carbocycles. The molecule has 9 heteroatoms. The summed E-state index contributed by atoms with van der Waals surface area (Å²) in [4.78, 5) is 6.91. The number of aromatic amines is 1. The molecule has 4 aromatic rings. The number of nitrogens with one attached hydrogen (secondary N) is 1. The van der Waals surface area contributed by atoms with Crippen molar-refractivity contribution in [2.24, 2.45) is 0 Å². The summed E-state index contributed by atoms with van der Waals surface area (Å²) < 4.78 is 9.50. The Morgan fingerprint density at radius 2 is 2.21 bits per heavy atom. The van der Waals surface area contributed by atoms with Crippen molar-refractivity contribution in [1.82, 2.24) is 34.6 Å². The lowest BCUT2D eigenvalue weighted by Crippen LogP contribution is -2.44. The standard InChI is InChI=1S/C19H22N8O/c1-3-26-16(5-7-22-26)14-10-18(25-8-9-28-12-13(25)2)24-27-17(14)11-20-19(27)15-4-6-21-23-15/h4-7,10-11,13H,3,8-9,12H2,1-2H3,(H,21,23)/t13-/m1/s1. The zero-order chi connectivity index (χ0) is 19.1. The number of nitrogens with zero attached hydrogens (tertiary/aromatic N) is 7. The van der Waals surface area contributed by atoms with E-state index in [-0.39, 0.29) is 6.04 Å². The second-order valence-corrected chi connectivity index (χ2v) is 6.91. The molecule has 0 saturated carbocycles. The molecule has 0 amide bonds. The molecule has 1 saturated heterocycles. The van der Waals surface area contributed by atoms with Gasteiger partial charge in [-0.3, -0.25) is 9.78 Å². The maximum atomic E-state index is 5.61. The van der Waals surface area contributed by atoms with Gasteiger partial charge in [-0.1, -0.05) is 0 Å². The predicted molar refractivity (Wildman–Crippen MR) is 105 cm³/mol. The molecule has 0 bridgehead atoms. The van der Waals surface area contributed by atoms with Crippen LogP contribution in [0.5, 0.6) is 0 Å². The van der Waals surface area contributed by atoms with Crippen molar-refractivity contribution < 1.29 is 4.74 Å². The van der Waals surface area contributed by atoms with E-state index in [9.17, 15) is 0 Å². The number of rotatable bonds is 4. The highest BCUT2D eigenvalue weighted by Crippen LogP contribution is 2.31. The Kier molecular flexibility index (Phi) is 4.09. The fraction of sp³-hybridized carbons (Fsp3) is 0.368. The normalized spacial score (nSPS) is 17.5. The molecule has 1 N–H and O–H groups in total. The summed E-state index contributed by atoms with van der Waals surface area (Å²) in [6, 6.07) is 6.32. The first-order valence-corrected chi connectivity index (χ1v) is 9.51. The van der Waals surface area contributed by atoms with Crippen LogP contribution < -0.4 is 4.90 Å². The second-order valence-electron chi connectivity index (χ2n) is 6.91. The number of morpholine rings is 1. The highest BCUT2D eigenvalue weighted by molar-refractivity contribution is 5.81. The number of imidazole rings is 1. The van der Waals surface area contributed by atoms with E-state index in [0.29, 0.717) is 13.2 Å². The van der Waals surface area contributed by atoms with Crippen LogP contribution in [0.1, 0.15) is 13.8 Å². The monoisotopic (exact) mass is 378 g/mol. The molecule has 4 aromatic heterocycles. The van der Waals surface area contributed by atoms with Crippen molar-refractivity contribution in [1.29, 1.82) is 0 Å². The predicted octanol–water partition coefficient (Wildman–Crippen LogP) is 2.23. The van der Waals surface area contributed by atoms with Crippen molar-refractivity contribution in [3.8, 4) is 22.8 Å². The summed E-state index contributed by atoms with van der Waals surface area (Å²) >= 11 is 0. The summed E-state index contributed by atoms with van der Waals surface area (Å²) in [5, 5.41) is 16.4. The summed E-state index contributed by atoms with van der Waals surface area (Å²) in [7, 11) is 0. The molecule has 0 aromatic carbocycles. The largest absolute Gasteiger partial charge is 0.377 e. The van der Waals surface area contributed by atoms with Gasteiger partial charge in [-0.15, -0.1) is 5.10 Å². The molecule has 0 spiro atoms. The minimum atomic E-state index is 0.252. The number of ether oxygens (including phenoxy) is 1. The van der Waals surface area contributed by atoms with Crippen LogP contribution in [-0.2, 0) is 11.3 Å². The van der Waals surface area contributed by atoms with E-state index in [1.54, 1.807) is 6.20 Å². The van der Waals surface area contributed by atoms with Crippen molar-refractivity contribution in [2.45, 2.75) is 26.4 Å². The zero-order valence-electron chi connectivity index (χ0n) is 15.9. The van der Waals surface area contributed by atoms with Crippen LogP contribution in [0.4, 0.5) is 5.82 Å². The number of hydrogen-bond donors (Lipinski definition) is 1. The number of aromatic nitrogens is 7. The minimum absolute atomic E-state index is 0.252. The van der Waals surface area contributed by atoms with Gasteiger partial charge in [-0.25, -0.2) is 9.50 Å². The lowest BCUT2D eigenvalue weighted by atomic mass is 10.1. The third-order valence-electron chi connectivity index (χ3n) is 5.19. The Labute approximate surface area is 161 Å². The van der Waals surface area contributed by atoms with E-state index in [0.717, 1.165) is 47.2 Å². The maximum absolute atomic E-state index is 5.61. The van der Waals surface area contributed by atoms with E-state index >= 15 is 0 Å². The van der Waals surface area contributed by atoms with Crippen LogP contribution in [0.15, 0.2) is 36.8 Å². The Morgan fingerprint density at radius 3 is 3.00 bits per heavy atom. The topological polar surface area (TPSA) is 89.2 Å². The first-order valence-electron chi connectivity index (χ1n) is 9.51. The Hall–Kier alpha value is -3.20. The molecule has 1 aliphatic rings. The van der Waals surface area contributed by atoms with Crippen LogP contribution >= 0.6 is 0 Å². The first kappa shape index (κ1) is 16.9. The van der Waals surface area contributed by atoms with Crippen molar-refractivity contribution in [3.05, 3.63) is 36.8 Å². The third-order valence-corrected chi connectivity index (χ3v) is 5.19. The second kappa shape index (κ2) is 6.75. The SMILES string of the molecule is CCn1nccc1-c1cc(N2CCOC[C@H]2C)nn2c(-c3ccn[nH]3)ncc12. The van der Waals surface area contributed by atoms with Gasteiger partial charge in [0.1, 0.15) is 5.69 Å². The summed E-state index contributed by atoms with van der Waals surface area (Å²) in [5.74, 6) is 1.64. The lowest BCUT2D eigenvalue weighted by molar-refractivity contribution is 0.0984. The summed E-state index contributed by atoms with van der Waals surface area (Å²) in [5.41, 5.74) is 3.87. The average Bonchev–Trinajstić information content (AvgIpc) is 3.46. The molecule has 1 aliphatic heterocycles. The number of H-pyrrole nitrogens is 1. The minimum Gasteiger partial charge on any atom is -0.377 e. The van der Waals surface area contributed by atoms with Crippen LogP contribution in [0.25, 0.3) is 28.3 Å². The molecular formula is C19H22N8O. The van der Waals surface area contributed by atoms with Gasteiger partial charge in [0.15, 0.2) is 11.6 Å². The van der Waals surface area contributed by atoms with E-state index in [1.807, 2.05) is 33.7 Å². The fourth-order valence-corrected chi connectivity index (χ4v) is 3.76. The maximum Gasteiger partial charge on any atom is 0.179 e. The van der Waals surface area contributed by atoms with Gasteiger partial charge in [-0.2, -0.15) is 10.2 Å². The quantitative estimate of drug-likeness (QED) is 0.586. The molecule has 28 heavy (non-hydrogen) atoms. The Morgan fingerprint density at radius 1 is 1.29 bits per heavy atom. The lowest BCUT2D eigenvalue weighted by Gasteiger charge is -2.34. The van der Waals surface area contributed by atoms with Crippen molar-refractivity contribution in [2.75, 3.05) is 24.7 Å². The highest BCUT2D eigenvalue weighted by atomic mass is 16.5. The number of aryl methyl sites for hydroxylation is 1. The van der Waals surface area contributed by atoms with Gasteiger partial charge in [0.05, 0.1) is 36.7 Å². The molecule has 9 nitrogen and oxygen atoms in total. The van der Waals surface area contributed by atoms with Crippen LogP contribution in [0, 0.1) is 0 Å². The number of anilines is 1. The van der Waals surface area contributed by atoms with E-state index in [1.165, 1.54) is 0 Å². The van der Waals surface area contributed by atoms with E-state index in [2.05, 4.69) is 45.1 Å². The molecule has 1 fully saturated rings. The van der Waals surface area contributed by atoms with Gasteiger partial charge in [0.25, 0.3) is 0 Å². The molecule has 5 heterocycles. The molecule has 1 atom stereocenters. The van der Waals surface area contributed by atoms with Crippen LogP contribution in [0.2, 0.25) is 0 Å². The molecule has 0 radical (unpaired) electrons. The zero-order valence-corrected chi connectivity index (χ0v) is 15.9. The third kappa shape index (κ3) is 2.66. The van der Waals surface area contributed by atoms with Crippen LogP contribution in [-0.4, -0.2) is 60.4 Å². The number of fused-ring (bicyclic) bond motifs is 1. The van der Waals surface area contributed by atoms with Gasteiger partial charge in [0.2, 0.25) is 0 Å². The number of hydrogen-bond acceptors (Lipinski definition) is 6. The molecule has 0 unspecified atom stereocenters. The van der Waals surface area contributed by atoms with E-state index in [4.69, 9.17) is 9.84 Å². The van der Waals surface area contributed by atoms with Crippen molar-refractivity contribution in [3.63, 3.8) is 0 Å². The average molecular weight is 378 g/mol. The highest BCUT2D eigenvalue weighted by Gasteiger charge is 2.24. The van der Waals surface area contributed by atoms with Gasteiger partial charge in [0, 0.05) is 31.0 Å². The van der Waals surface area contributed by atoms with E-state index < -0.39 is 0 Å². The summed E-state index contributed by atoms with van der Waals surface area (Å²) in [6.45, 7) is 7.24. The van der Waals surface area contributed by atoms with Gasteiger partial charge in [-0.05, 0) is 32.0 Å². The molecule has 144 valence electrons. The summed E-state index contributed by atoms with van der Waals surface area (Å²) in [6.07, 6.45) is 5.41.